The van der Waals surface area contributed by atoms with E-state index in [1.54, 1.807) is 36.7 Å². The third kappa shape index (κ3) is 3.86. The van der Waals surface area contributed by atoms with Gasteiger partial charge in [-0.1, -0.05) is 18.2 Å². The van der Waals surface area contributed by atoms with Crippen LogP contribution >= 0.6 is 0 Å². The van der Waals surface area contributed by atoms with Crippen LogP contribution in [-0.2, 0) is 0 Å². The second kappa shape index (κ2) is 8.21. The summed E-state index contributed by atoms with van der Waals surface area (Å²) in [5.74, 6) is -0.534. The van der Waals surface area contributed by atoms with Crippen LogP contribution in [0.2, 0.25) is 0 Å². The van der Waals surface area contributed by atoms with Crippen molar-refractivity contribution in [3.63, 3.8) is 0 Å². The van der Waals surface area contributed by atoms with Crippen molar-refractivity contribution in [3.8, 4) is 16.9 Å². The fraction of sp³-hybridized carbons (Fsp3) is 0.211. The number of nitrogens with two attached hydrogens (primary N) is 1. The number of anilines is 1. The smallest absolute Gasteiger partial charge is 0.271 e. The van der Waals surface area contributed by atoms with Gasteiger partial charge in [0.05, 0.1) is 24.9 Å². The molecule has 3 rings (SSSR count). The van der Waals surface area contributed by atoms with Gasteiger partial charge < -0.3 is 20.8 Å². The predicted molar refractivity (Wildman–Crippen MR) is 102 cm³/mol. The number of fused-ring (bicyclic) bond motifs is 1. The molecule has 1 aromatic carbocycles. The zero-order valence-electron chi connectivity index (χ0n) is 15.2. The quantitative estimate of drug-likeness (QED) is 0.583. The van der Waals surface area contributed by atoms with Gasteiger partial charge in [0.2, 0.25) is 0 Å². The molecule has 1 unspecified atom stereocenters. The number of nitrogens with one attached hydrogen (secondary N) is 2. The summed E-state index contributed by atoms with van der Waals surface area (Å²) in [5.41, 5.74) is 6.05. The van der Waals surface area contributed by atoms with E-state index in [2.05, 4.69) is 9.97 Å². The molecule has 3 aromatic rings. The Morgan fingerprint density at radius 2 is 2.03 bits per heavy atom. The van der Waals surface area contributed by atoms with Crippen LogP contribution in [0.25, 0.3) is 22.0 Å². The number of aromatic amines is 1. The Labute approximate surface area is 162 Å². The number of nitrogens with zero attached hydrogens (tertiary/aromatic N) is 1. The van der Waals surface area contributed by atoms with Crippen molar-refractivity contribution in [1.82, 2.24) is 15.3 Å². The minimum absolute atomic E-state index is 0.154. The molecule has 0 aliphatic rings. The molecule has 0 saturated heterocycles. The average molecular weight is 406 g/mol. The number of hydrogen-bond donors (Lipinski definition) is 3. The van der Waals surface area contributed by atoms with E-state index in [0.717, 1.165) is 0 Å². The number of H-pyrrole nitrogens is 1. The number of halogens is 3. The minimum atomic E-state index is -3.25. The highest BCUT2D eigenvalue weighted by Gasteiger charge is 2.23. The summed E-state index contributed by atoms with van der Waals surface area (Å²) < 4.78 is 43.0. The third-order valence-corrected chi connectivity index (χ3v) is 4.34. The van der Waals surface area contributed by atoms with Crippen molar-refractivity contribution in [3.05, 3.63) is 52.6 Å². The van der Waals surface area contributed by atoms with Gasteiger partial charge in [-0.2, -0.15) is 0 Å². The number of nitrogen functional groups attached to an aromatic ring is 1. The van der Waals surface area contributed by atoms with Crippen molar-refractivity contribution >= 4 is 22.5 Å². The number of alkyl halides is 3. The van der Waals surface area contributed by atoms with E-state index in [-0.39, 0.29) is 5.69 Å². The van der Waals surface area contributed by atoms with Gasteiger partial charge >= 0.3 is 0 Å². The molecule has 0 fully saturated rings. The van der Waals surface area contributed by atoms with Gasteiger partial charge in [0.25, 0.3) is 17.9 Å². The fourth-order valence-electron chi connectivity index (χ4n) is 2.92. The molecule has 4 N–H and O–H groups in total. The van der Waals surface area contributed by atoms with E-state index in [4.69, 9.17) is 10.5 Å². The Bertz CT molecular complexity index is 1120. The molecule has 0 spiro atoms. The summed E-state index contributed by atoms with van der Waals surface area (Å²) in [5, 5.41) is 2.32. The number of pyridine rings is 2. The van der Waals surface area contributed by atoms with Crippen molar-refractivity contribution in [1.29, 1.82) is 0 Å². The zero-order valence-corrected chi connectivity index (χ0v) is 15.2. The second-order valence-corrected chi connectivity index (χ2v) is 6.11. The molecule has 2 aromatic heterocycles. The van der Waals surface area contributed by atoms with Gasteiger partial charge in [0.15, 0.2) is 6.17 Å². The lowest BCUT2D eigenvalue weighted by atomic mass is 10.0. The number of hydrogen-bond acceptors (Lipinski definition) is 5. The fourth-order valence-corrected chi connectivity index (χ4v) is 2.92. The number of methoxy groups -OCH3 is 1. The van der Waals surface area contributed by atoms with E-state index in [0.29, 0.717) is 27.8 Å². The van der Waals surface area contributed by atoms with Crippen LogP contribution in [-0.4, -0.2) is 42.1 Å². The number of ether oxygens (including phenoxy) is 1. The van der Waals surface area contributed by atoms with Crippen LogP contribution in [0, 0.1) is 0 Å². The molecule has 7 nitrogen and oxygen atoms in total. The van der Waals surface area contributed by atoms with Crippen molar-refractivity contribution in [2.75, 3.05) is 19.4 Å². The molecule has 0 saturated carbocycles. The van der Waals surface area contributed by atoms with Gasteiger partial charge in [-0.3, -0.25) is 14.6 Å². The van der Waals surface area contributed by atoms with E-state index in [9.17, 15) is 22.8 Å². The van der Waals surface area contributed by atoms with Gasteiger partial charge in [-0.15, -0.1) is 0 Å². The summed E-state index contributed by atoms with van der Waals surface area (Å²) in [6.07, 6.45) is -2.71. The number of para-hydroxylation sites is 1. The lowest BCUT2D eigenvalue weighted by Crippen LogP contribution is -2.36. The van der Waals surface area contributed by atoms with Crippen LogP contribution < -0.4 is 21.3 Å². The molecule has 0 bridgehead atoms. The number of carbonyl (C=O) groups is 1. The number of aromatic nitrogens is 2. The number of rotatable bonds is 6. The highest BCUT2D eigenvalue weighted by molar-refractivity contribution is 6.09. The maximum atomic E-state index is 13.1. The molecule has 1 atom stereocenters. The summed E-state index contributed by atoms with van der Waals surface area (Å²) in [7, 11) is 1.49. The van der Waals surface area contributed by atoms with Gasteiger partial charge in [-0.25, -0.2) is 13.2 Å². The second-order valence-electron chi connectivity index (χ2n) is 6.11. The highest BCUT2D eigenvalue weighted by atomic mass is 19.3. The van der Waals surface area contributed by atoms with E-state index in [1.165, 1.54) is 7.11 Å². The first-order valence-corrected chi connectivity index (χ1v) is 8.48. The van der Waals surface area contributed by atoms with Gasteiger partial charge in [0, 0.05) is 28.9 Å². The minimum Gasteiger partial charge on any atom is -0.496 e. The van der Waals surface area contributed by atoms with Crippen LogP contribution in [0.4, 0.5) is 18.9 Å². The maximum absolute atomic E-state index is 13.1. The van der Waals surface area contributed by atoms with E-state index >= 15 is 0 Å². The van der Waals surface area contributed by atoms with Crippen LogP contribution in [0.15, 0.2) is 41.5 Å². The SMILES string of the molecule is COc1ccncc1-c1cccc2c(N)c(C(=O)NCC(F)C(F)F)c(=O)[nH]c12. The maximum Gasteiger partial charge on any atom is 0.271 e. The standard InChI is InChI=1S/C19H17F3N4O3/c1-29-13-5-6-24-7-11(13)9-3-2-4-10-15(23)14(19(28)26-16(9)10)18(27)25-8-12(20)17(21)22/h2-7,12,17H,8H2,1H3,(H,25,27)(H3,23,26,28). The topological polar surface area (TPSA) is 110 Å². The molecule has 1 amide bonds. The van der Waals surface area contributed by atoms with Crippen molar-refractivity contribution in [2.45, 2.75) is 12.6 Å². The normalized spacial score (nSPS) is 12.2. The Kier molecular flexibility index (Phi) is 5.71. The van der Waals surface area contributed by atoms with Gasteiger partial charge in [-0.05, 0) is 6.07 Å². The van der Waals surface area contributed by atoms with Gasteiger partial charge in [0.1, 0.15) is 11.3 Å². The number of amides is 1. The molecular formula is C19H17F3N4O3. The Morgan fingerprint density at radius 1 is 1.28 bits per heavy atom. The average Bonchev–Trinajstić information content (AvgIpc) is 2.71. The monoisotopic (exact) mass is 406 g/mol. The van der Waals surface area contributed by atoms with Crippen molar-refractivity contribution < 1.29 is 22.7 Å². The molecule has 152 valence electrons. The lowest BCUT2D eigenvalue weighted by Gasteiger charge is -2.14. The summed E-state index contributed by atoms with van der Waals surface area (Å²) in [4.78, 5) is 31.4. The Morgan fingerprint density at radius 3 is 2.72 bits per heavy atom. The molecule has 0 aliphatic carbocycles. The Balaban J connectivity index is 2.09. The summed E-state index contributed by atoms with van der Waals surface area (Å²) >= 11 is 0. The highest BCUT2D eigenvalue weighted by Crippen LogP contribution is 2.34. The zero-order chi connectivity index (χ0) is 21.1. The van der Waals surface area contributed by atoms with Crippen LogP contribution in [0.3, 0.4) is 0 Å². The first-order valence-electron chi connectivity index (χ1n) is 8.48. The molecule has 2 heterocycles. The predicted octanol–water partition coefficient (Wildman–Crippen LogP) is 2.51. The van der Waals surface area contributed by atoms with E-state index in [1.807, 2.05) is 5.32 Å². The van der Waals surface area contributed by atoms with Crippen LogP contribution in [0.5, 0.6) is 5.75 Å². The van der Waals surface area contributed by atoms with E-state index < -0.39 is 36.2 Å². The summed E-state index contributed by atoms with van der Waals surface area (Å²) in [6, 6.07) is 6.61. The summed E-state index contributed by atoms with van der Waals surface area (Å²) in [6.45, 7) is -0.944. The molecule has 0 radical (unpaired) electrons. The molecule has 0 aliphatic heterocycles. The first-order chi connectivity index (χ1) is 13.8. The lowest BCUT2D eigenvalue weighted by molar-refractivity contribution is 0.0488. The van der Waals surface area contributed by atoms with Crippen molar-refractivity contribution in [2.24, 2.45) is 0 Å². The number of carbonyl (C=O) groups excluding carboxylic acids is 1. The van der Waals surface area contributed by atoms with Crippen LogP contribution in [0.1, 0.15) is 10.4 Å². The Hall–Kier alpha value is -3.56. The molecule has 10 heteroatoms. The number of benzene rings is 1. The third-order valence-electron chi connectivity index (χ3n) is 4.34. The largest absolute Gasteiger partial charge is 0.496 e. The molecule has 29 heavy (non-hydrogen) atoms. The molecular weight excluding hydrogens is 389 g/mol. The first kappa shape index (κ1) is 20.2.